The Balaban J connectivity index is 1.72. The molecule has 0 amide bonds. The van der Waals surface area contributed by atoms with Crippen molar-refractivity contribution in [3.8, 4) is 16.3 Å². The van der Waals surface area contributed by atoms with Gasteiger partial charge in [-0.1, -0.05) is 0 Å². The van der Waals surface area contributed by atoms with Crippen molar-refractivity contribution >= 4 is 28.9 Å². The smallest absolute Gasteiger partial charge is 0.340 e. The van der Waals surface area contributed by atoms with Gasteiger partial charge in [0.1, 0.15) is 22.1 Å². The third-order valence-corrected chi connectivity index (χ3v) is 5.11. The lowest BCUT2D eigenvalue weighted by Crippen LogP contribution is -2.08. The van der Waals surface area contributed by atoms with E-state index in [0.717, 1.165) is 15.4 Å². The number of hydrogen-bond acceptors (Lipinski definition) is 6. The fourth-order valence-corrected chi connectivity index (χ4v) is 3.53. The molecule has 2 heterocycles. The number of thiazole rings is 1. The Hall–Kier alpha value is -3.13. The Labute approximate surface area is 153 Å². The van der Waals surface area contributed by atoms with Crippen LogP contribution in [0, 0.1) is 0 Å². The number of carboxylic acids is 1. The Morgan fingerprint density at radius 2 is 1.96 bits per heavy atom. The maximum absolute atomic E-state index is 12.4. The number of carbonyl (C=O) groups excluding carboxylic acids is 1. The van der Waals surface area contributed by atoms with E-state index in [9.17, 15) is 19.8 Å². The number of ketones is 1. The molecule has 0 atom stereocenters. The van der Waals surface area contributed by atoms with Crippen molar-refractivity contribution in [2.75, 3.05) is 5.73 Å². The zero-order chi connectivity index (χ0) is 18.8. The standard InChI is InChI=1S/C18H17N3O4S/c1-21-9-13(15(16(21)19)18(24)25)14(23)7-6-12-8-20-17(26-12)10-2-4-11(22)5-3-10/h2-5,8-9,22H,6-7,19H2,1H3,(H,24,25). The number of nitrogens with zero attached hydrogens (tertiary/aromatic N) is 2. The van der Waals surface area contributed by atoms with Gasteiger partial charge in [0.25, 0.3) is 0 Å². The normalized spacial score (nSPS) is 10.8. The lowest BCUT2D eigenvalue weighted by molar-refractivity contribution is 0.0693. The largest absolute Gasteiger partial charge is 0.508 e. The second-order valence-corrected chi connectivity index (χ2v) is 6.94. The van der Waals surface area contributed by atoms with E-state index in [-0.39, 0.29) is 34.9 Å². The minimum absolute atomic E-state index is 0.0632. The van der Waals surface area contributed by atoms with Crippen molar-refractivity contribution in [3.63, 3.8) is 0 Å². The predicted octanol–water partition coefficient (Wildman–Crippen LogP) is 2.95. The summed E-state index contributed by atoms with van der Waals surface area (Å²) in [7, 11) is 1.60. The number of anilines is 1. The maximum atomic E-state index is 12.4. The van der Waals surface area contributed by atoms with Gasteiger partial charge in [0, 0.05) is 36.3 Å². The molecule has 7 nitrogen and oxygen atoms in total. The molecule has 0 saturated carbocycles. The summed E-state index contributed by atoms with van der Waals surface area (Å²) < 4.78 is 1.44. The highest BCUT2D eigenvalue weighted by atomic mass is 32.1. The van der Waals surface area contributed by atoms with Crippen LogP contribution in [0.4, 0.5) is 5.82 Å². The summed E-state index contributed by atoms with van der Waals surface area (Å²) in [5, 5.41) is 19.4. The first kappa shape index (κ1) is 17.7. The van der Waals surface area contributed by atoms with E-state index < -0.39 is 5.97 Å². The van der Waals surface area contributed by atoms with Crippen LogP contribution in [0.1, 0.15) is 32.0 Å². The first-order chi connectivity index (χ1) is 12.4. The number of carbonyl (C=O) groups is 2. The highest BCUT2D eigenvalue weighted by molar-refractivity contribution is 7.15. The van der Waals surface area contributed by atoms with E-state index in [1.165, 1.54) is 22.1 Å². The second kappa shape index (κ2) is 7.01. The lowest BCUT2D eigenvalue weighted by atomic mass is 10.0. The van der Waals surface area contributed by atoms with Crippen LogP contribution in [-0.2, 0) is 13.5 Å². The van der Waals surface area contributed by atoms with E-state index in [1.54, 1.807) is 37.5 Å². The molecule has 3 rings (SSSR count). The Morgan fingerprint density at radius 1 is 1.27 bits per heavy atom. The summed E-state index contributed by atoms with van der Waals surface area (Å²) in [6, 6.07) is 6.73. The number of carboxylic acid groups (broad SMARTS) is 1. The van der Waals surface area contributed by atoms with E-state index in [0.29, 0.717) is 6.42 Å². The van der Waals surface area contributed by atoms with Gasteiger partial charge >= 0.3 is 5.97 Å². The van der Waals surface area contributed by atoms with Crippen molar-refractivity contribution < 1.29 is 19.8 Å². The highest BCUT2D eigenvalue weighted by Gasteiger charge is 2.23. The molecule has 0 aliphatic carbocycles. The predicted molar refractivity (Wildman–Crippen MR) is 98.7 cm³/mol. The topological polar surface area (TPSA) is 118 Å². The average Bonchev–Trinajstić information content (AvgIpc) is 3.19. The summed E-state index contributed by atoms with van der Waals surface area (Å²) in [5.74, 6) is -1.23. The number of aryl methyl sites for hydroxylation is 2. The number of hydrogen-bond donors (Lipinski definition) is 3. The number of nitrogens with two attached hydrogens (primary N) is 1. The van der Waals surface area contributed by atoms with Crippen molar-refractivity contribution in [1.82, 2.24) is 9.55 Å². The van der Waals surface area contributed by atoms with Crippen molar-refractivity contribution in [3.05, 3.63) is 52.7 Å². The molecule has 0 fully saturated rings. The molecule has 0 spiro atoms. The summed E-state index contributed by atoms with van der Waals surface area (Å²) in [4.78, 5) is 29.1. The zero-order valence-electron chi connectivity index (χ0n) is 14.0. The maximum Gasteiger partial charge on any atom is 0.340 e. The number of aromatic hydroxyl groups is 1. The molecule has 0 saturated heterocycles. The lowest BCUT2D eigenvalue weighted by Gasteiger charge is -2.00. The molecule has 134 valence electrons. The number of aromatic nitrogens is 2. The van der Waals surface area contributed by atoms with Crippen LogP contribution in [-0.4, -0.2) is 31.5 Å². The zero-order valence-corrected chi connectivity index (χ0v) is 14.8. The summed E-state index contributed by atoms with van der Waals surface area (Å²) >= 11 is 1.46. The molecule has 0 bridgehead atoms. The van der Waals surface area contributed by atoms with E-state index in [2.05, 4.69) is 4.98 Å². The molecular formula is C18H17N3O4S. The molecule has 0 aliphatic heterocycles. The van der Waals surface area contributed by atoms with Gasteiger partial charge in [0.2, 0.25) is 0 Å². The van der Waals surface area contributed by atoms with Crippen LogP contribution < -0.4 is 5.73 Å². The number of phenolic OH excluding ortho intramolecular Hbond substituents is 1. The van der Waals surface area contributed by atoms with E-state index in [4.69, 9.17) is 5.73 Å². The molecule has 4 N–H and O–H groups in total. The number of aromatic carboxylic acids is 1. The third-order valence-electron chi connectivity index (χ3n) is 4.01. The van der Waals surface area contributed by atoms with Gasteiger partial charge in [-0.2, -0.15) is 0 Å². The SMILES string of the molecule is Cn1cc(C(=O)CCc2cnc(-c3ccc(O)cc3)s2)c(C(=O)O)c1N. The minimum atomic E-state index is -1.21. The van der Waals surface area contributed by atoms with E-state index in [1.807, 2.05) is 0 Å². The Kier molecular flexibility index (Phi) is 4.77. The van der Waals surface area contributed by atoms with Crippen LogP contribution in [0.3, 0.4) is 0 Å². The van der Waals surface area contributed by atoms with Crippen molar-refractivity contribution in [2.24, 2.45) is 7.05 Å². The fraction of sp³-hybridized carbons (Fsp3) is 0.167. The monoisotopic (exact) mass is 371 g/mol. The average molecular weight is 371 g/mol. The Morgan fingerprint density at radius 3 is 2.62 bits per heavy atom. The van der Waals surface area contributed by atoms with Crippen LogP contribution >= 0.6 is 11.3 Å². The minimum Gasteiger partial charge on any atom is -0.508 e. The van der Waals surface area contributed by atoms with Crippen LogP contribution in [0.5, 0.6) is 5.75 Å². The van der Waals surface area contributed by atoms with Gasteiger partial charge in [-0.3, -0.25) is 4.79 Å². The number of nitrogen functional groups attached to an aromatic ring is 1. The second-order valence-electron chi connectivity index (χ2n) is 5.82. The van der Waals surface area contributed by atoms with Gasteiger partial charge in [0.05, 0.1) is 5.56 Å². The van der Waals surface area contributed by atoms with Crippen LogP contribution in [0.25, 0.3) is 10.6 Å². The van der Waals surface area contributed by atoms with Crippen LogP contribution in [0.2, 0.25) is 0 Å². The molecule has 2 aromatic heterocycles. The molecule has 26 heavy (non-hydrogen) atoms. The number of benzene rings is 1. The van der Waals surface area contributed by atoms with Crippen LogP contribution in [0.15, 0.2) is 36.7 Å². The molecule has 3 aromatic rings. The highest BCUT2D eigenvalue weighted by Crippen LogP contribution is 2.28. The number of phenols is 1. The van der Waals surface area contributed by atoms with Gasteiger partial charge in [-0.15, -0.1) is 11.3 Å². The van der Waals surface area contributed by atoms with Gasteiger partial charge in [-0.25, -0.2) is 9.78 Å². The third kappa shape index (κ3) is 3.45. The molecule has 0 unspecified atom stereocenters. The van der Waals surface area contributed by atoms with Crippen molar-refractivity contribution in [2.45, 2.75) is 12.8 Å². The van der Waals surface area contributed by atoms with Gasteiger partial charge in [0.15, 0.2) is 5.78 Å². The fourth-order valence-electron chi connectivity index (χ4n) is 2.61. The van der Waals surface area contributed by atoms with Gasteiger partial charge < -0.3 is 20.5 Å². The summed E-state index contributed by atoms with van der Waals surface area (Å²) in [6.45, 7) is 0. The number of rotatable bonds is 6. The van der Waals surface area contributed by atoms with Gasteiger partial charge in [-0.05, 0) is 30.7 Å². The first-order valence-corrected chi connectivity index (χ1v) is 8.64. The Bertz CT molecular complexity index is 973. The molecule has 1 aromatic carbocycles. The number of Topliss-reactive ketones (excluding diaryl/α,β-unsaturated/α-hetero) is 1. The van der Waals surface area contributed by atoms with E-state index >= 15 is 0 Å². The molecule has 8 heteroatoms. The first-order valence-electron chi connectivity index (χ1n) is 7.82. The molecule has 0 radical (unpaired) electrons. The summed E-state index contributed by atoms with van der Waals surface area (Å²) in [6.07, 6.45) is 3.79. The molecule has 0 aliphatic rings. The quantitative estimate of drug-likeness (QED) is 0.573. The van der Waals surface area contributed by atoms with Crippen molar-refractivity contribution in [1.29, 1.82) is 0 Å². The molecular weight excluding hydrogens is 354 g/mol. The summed E-state index contributed by atoms with van der Waals surface area (Å²) in [5.41, 5.74) is 6.59.